The van der Waals surface area contributed by atoms with Crippen molar-refractivity contribution in [2.75, 3.05) is 0 Å². The molecule has 0 atom stereocenters. The van der Waals surface area contributed by atoms with Gasteiger partial charge in [-0.2, -0.15) is 0 Å². The third-order valence-corrected chi connectivity index (χ3v) is 2.89. The number of aryl methyl sites for hydroxylation is 1. The zero-order chi connectivity index (χ0) is 11.7. The number of rotatable bonds is 4. The average molecular weight is 221 g/mol. The van der Waals surface area contributed by atoms with Crippen molar-refractivity contribution < 1.29 is 9.21 Å². The van der Waals surface area contributed by atoms with E-state index in [0.717, 1.165) is 24.4 Å². The predicted octanol–water partition coefficient (Wildman–Crippen LogP) is 2.74. The maximum Gasteiger partial charge on any atom is 0.225 e. The van der Waals surface area contributed by atoms with Crippen LogP contribution in [0.25, 0.3) is 0 Å². The van der Waals surface area contributed by atoms with Crippen LogP contribution in [-0.2, 0) is 11.3 Å². The summed E-state index contributed by atoms with van der Waals surface area (Å²) in [6, 6.07) is 4.35. The summed E-state index contributed by atoms with van der Waals surface area (Å²) in [7, 11) is 0. The molecule has 0 N–H and O–H groups in total. The number of carbonyl (C=O) groups is 1. The summed E-state index contributed by atoms with van der Waals surface area (Å²) in [4.78, 5) is 14.0. The van der Waals surface area contributed by atoms with Crippen LogP contribution in [0.2, 0.25) is 0 Å². The molecule has 1 heterocycles. The van der Waals surface area contributed by atoms with Crippen LogP contribution < -0.4 is 0 Å². The van der Waals surface area contributed by atoms with Gasteiger partial charge in [-0.1, -0.05) is 13.8 Å². The van der Waals surface area contributed by atoms with E-state index in [0.29, 0.717) is 12.6 Å². The zero-order valence-electron chi connectivity index (χ0n) is 10.2. The summed E-state index contributed by atoms with van der Waals surface area (Å²) in [5.41, 5.74) is 0. The molecule has 1 aliphatic rings. The van der Waals surface area contributed by atoms with E-state index in [1.54, 1.807) is 0 Å². The molecule has 0 aromatic carbocycles. The normalized spacial score (nSPS) is 15.5. The topological polar surface area (TPSA) is 33.5 Å². The van der Waals surface area contributed by atoms with Crippen LogP contribution >= 0.6 is 0 Å². The Balaban J connectivity index is 2.06. The minimum atomic E-state index is 0.0664. The number of nitrogens with zero attached hydrogens (tertiary/aromatic N) is 1. The standard InChI is InChI=1S/C13H19NO2/c1-9(2)13(15)14(11-5-6-11)8-12-7-4-10(3)16-12/h4,7,9,11H,5-6,8H2,1-3H3. The van der Waals surface area contributed by atoms with E-state index >= 15 is 0 Å². The Morgan fingerprint density at radius 3 is 2.62 bits per heavy atom. The van der Waals surface area contributed by atoms with Gasteiger partial charge in [0, 0.05) is 12.0 Å². The van der Waals surface area contributed by atoms with Crippen LogP contribution in [0.1, 0.15) is 38.2 Å². The van der Waals surface area contributed by atoms with Crippen molar-refractivity contribution in [1.29, 1.82) is 0 Å². The molecular weight excluding hydrogens is 202 g/mol. The minimum Gasteiger partial charge on any atom is -0.464 e. The fraction of sp³-hybridized carbons (Fsp3) is 0.615. The lowest BCUT2D eigenvalue weighted by molar-refractivity contribution is -0.136. The van der Waals surface area contributed by atoms with Gasteiger partial charge in [-0.3, -0.25) is 4.79 Å². The van der Waals surface area contributed by atoms with Crippen molar-refractivity contribution in [3.63, 3.8) is 0 Å². The first-order valence-corrected chi connectivity index (χ1v) is 5.93. The molecule has 16 heavy (non-hydrogen) atoms. The SMILES string of the molecule is Cc1ccc(CN(C(=O)C(C)C)C2CC2)o1. The summed E-state index contributed by atoms with van der Waals surface area (Å²) in [5, 5.41) is 0. The highest BCUT2D eigenvalue weighted by atomic mass is 16.3. The average Bonchev–Trinajstić information content (AvgIpc) is 2.98. The molecule has 1 saturated carbocycles. The van der Waals surface area contributed by atoms with Gasteiger partial charge in [0.15, 0.2) is 0 Å². The molecule has 1 aromatic rings. The maximum atomic E-state index is 12.0. The highest BCUT2D eigenvalue weighted by molar-refractivity contribution is 5.78. The summed E-state index contributed by atoms with van der Waals surface area (Å²) < 4.78 is 5.53. The van der Waals surface area contributed by atoms with E-state index in [1.807, 2.05) is 37.8 Å². The van der Waals surface area contributed by atoms with Crippen LogP contribution in [0.5, 0.6) is 0 Å². The van der Waals surface area contributed by atoms with Crippen molar-refractivity contribution in [1.82, 2.24) is 4.90 Å². The van der Waals surface area contributed by atoms with Gasteiger partial charge in [0.05, 0.1) is 6.54 Å². The first-order chi connectivity index (χ1) is 7.58. The second kappa shape index (κ2) is 4.32. The lowest BCUT2D eigenvalue weighted by atomic mass is 10.2. The quantitative estimate of drug-likeness (QED) is 0.783. The molecule has 0 unspecified atom stereocenters. The molecule has 0 spiro atoms. The fourth-order valence-corrected chi connectivity index (χ4v) is 1.84. The molecule has 3 nitrogen and oxygen atoms in total. The summed E-state index contributed by atoms with van der Waals surface area (Å²) in [5.74, 6) is 2.09. The summed E-state index contributed by atoms with van der Waals surface area (Å²) in [6.07, 6.45) is 2.27. The van der Waals surface area contributed by atoms with E-state index in [2.05, 4.69) is 0 Å². The molecule has 2 rings (SSSR count). The summed E-state index contributed by atoms with van der Waals surface area (Å²) >= 11 is 0. The first kappa shape index (κ1) is 11.2. The van der Waals surface area contributed by atoms with Gasteiger partial charge in [-0.15, -0.1) is 0 Å². The van der Waals surface area contributed by atoms with Crippen LogP contribution in [-0.4, -0.2) is 16.8 Å². The largest absolute Gasteiger partial charge is 0.464 e. The third-order valence-electron chi connectivity index (χ3n) is 2.89. The lowest BCUT2D eigenvalue weighted by Gasteiger charge is -2.23. The number of furan rings is 1. The van der Waals surface area contributed by atoms with Crippen molar-refractivity contribution in [3.05, 3.63) is 23.7 Å². The van der Waals surface area contributed by atoms with Crippen LogP contribution in [0.4, 0.5) is 0 Å². The van der Waals surface area contributed by atoms with Gasteiger partial charge in [0.2, 0.25) is 5.91 Å². The minimum absolute atomic E-state index is 0.0664. The van der Waals surface area contributed by atoms with Crippen LogP contribution in [0.15, 0.2) is 16.5 Å². The lowest BCUT2D eigenvalue weighted by Crippen LogP contribution is -2.35. The van der Waals surface area contributed by atoms with Gasteiger partial charge < -0.3 is 9.32 Å². The Hall–Kier alpha value is -1.25. The molecule has 1 amide bonds. The molecule has 0 saturated heterocycles. The van der Waals surface area contributed by atoms with Gasteiger partial charge in [0.1, 0.15) is 11.5 Å². The fourth-order valence-electron chi connectivity index (χ4n) is 1.84. The smallest absolute Gasteiger partial charge is 0.225 e. The highest BCUT2D eigenvalue weighted by Crippen LogP contribution is 2.29. The van der Waals surface area contributed by atoms with E-state index < -0.39 is 0 Å². The molecular formula is C13H19NO2. The van der Waals surface area contributed by atoms with E-state index in [-0.39, 0.29) is 11.8 Å². The predicted molar refractivity (Wildman–Crippen MR) is 61.9 cm³/mol. The van der Waals surface area contributed by atoms with Crippen molar-refractivity contribution in [2.24, 2.45) is 5.92 Å². The van der Waals surface area contributed by atoms with Crippen LogP contribution in [0, 0.1) is 12.8 Å². The van der Waals surface area contributed by atoms with Gasteiger partial charge >= 0.3 is 0 Å². The van der Waals surface area contributed by atoms with Gasteiger partial charge in [-0.05, 0) is 31.9 Å². The van der Waals surface area contributed by atoms with Gasteiger partial charge in [-0.25, -0.2) is 0 Å². The molecule has 88 valence electrons. The Labute approximate surface area is 96.4 Å². The van der Waals surface area contributed by atoms with Crippen LogP contribution in [0.3, 0.4) is 0 Å². The third kappa shape index (κ3) is 2.46. The van der Waals surface area contributed by atoms with E-state index in [4.69, 9.17) is 4.42 Å². The second-order valence-electron chi connectivity index (χ2n) is 4.86. The molecule has 3 heteroatoms. The zero-order valence-corrected chi connectivity index (χ0v) is 10.2. The monoisotopic (exact) mass is 221 g/mol. The highest BCUT2D eigenvalue weighted by Gasteiger charge is 2.33. The Kier molecular flexibility index (Phi) is 3.03. The van der Waals surface area contributed by atoms with Crippen molar-refractivity contribution >= 4 is 5.91 Å². The Morgan fingerprint density at radius 1 is 1.50 bits per heavy atom. The van der Waals surface area contributed by atoms with Crippen molar-refractivity contribution in [2.45, 2.75) is 46.2 Å². The van der Waals surface area contributed by atoms with E-state index in [9.17, 15) is 4.79 Å². The number of hydrogen-bond acceptors (Lipinski definition) is 2. The Bertz CT molecular complexity index is 377. The van der Waals surface area contributed by atoms with Crippen molar-refractivity contribution in [3.8, 4) is 0 Å². The second-order valence-corrected chi connectivity index (χ2v) is 4.86. The number of carbonyl (C=O) groups excluding carboxylic acids is 1. The molecule has 1 aromatic heterocycles. The van der Waals surface area contributed by atoms with Gasteiger partial charge in [0.25, 0.3) is 0 Å². The first-order valence-electron chi connectivity index (χ1n) is 5.93. The molecule has 0 bridgehead atoms. The molecule has 1 aliphatic carbocycles. The molecule has 0 aliphatic heterocycles. The molecule has 1 fully saturated rings. The Morgan fingerprint density at radius 2 is 2.19 bits per heavy atom. The van der Waals surface area contributed by atoms with E-state index in [1.165, 1.54) is 0 Å². The maximum absolute atomic E-state index is 12.0. The molecule has 0 radical (unpaired) electrons. The summed E-state index contributed by atoms with van der Waals surface area (Å²) in [6.45, 7) is 6.45. The number of hydrogen-bond donors (Lipinski definition) is 0. The number of amides is 1.